The van der Waals surface area contributed by atoms with Crippen LogP contribution < -0.4 is 0 Å². The van der Waals surface area contributed by atoms with E-state index in [2.05, 4.69) is 0 Å². The van der Waals surface area contributed by atoms with Gasteiger partial charge in [0, 0.05) is 0 Å². The second kappa shape index (κ2) is 8.21. The average molecular weight is 476 g/mol. The molecule has 4 aromatic rings. The van der Waals surface area contributed by atoms with Crippen molar-refractivity contribution in [1.82, 2.24) is 9.80 Å². The fraction of sp³-hybridized carbons (Fsp3) is 0. The van der Waals surface area contributed by atoms with Crippen LogP contribution in [0.2, 0.25) is 0 Å². The van der Waals surface area contributed by atoms with Gasteiger partial charge in [-0.05, 0) is 35.4 Å². The molecule has 0 radical (unpaired) electrons. The summed E-state index contributed by atoms with van der Waals surface area (Å²) >= 11 is 0. The summed E-state index contributed by atoms with van der Waals surface area (Å²) in [6, 6.07) is 23.2. The summed E-state index contributed by atoms with van der Waals surface area (Å²) in [5, 5.41) is 0. The van der Waals surface area contributed by atoms with Crippen LogP contribution in [0.3, 0.4) is 0 Å². The molecule has 36 heavy (non-hydrogen) atoms. The molecule has 0 atom stereocenters. The summed E-state index contributed by atoms with van der Waals surface area (Å²) in [4.78, 5) is 56.6. The maximum atomic E-state index is 13.9. The minimum Gasteiger partial charge on any atom is -0.459 e. The van der Waals surface area contributed by atoms with Crippen molar-refractivity contribution in [3.63, 3.8) is 0 Å². The van der Waals surface area contributed by atoms with E-state index in [1.165, 1.54) is 36.8 Å². The number of imide groups is 2. The number of carbonyl (C=O) groups excluding carboxylic acids is 4. The summed E-state index contributed by atoms with van der Waals surface area (Å²) in [5.41, 5.74) is 1.03. The summed E-state index contributed by atoms with van der Waals surface area (Å²) in [6.07, 6.45) is 2.65. The fourth-order valence-corrected chi connectivity index (χ4v) is 4.45. The summed E-state index contributed by atoms with van der Waals surface area (Å²) < 4.78 is 10.5. The molecule has 0 fully saturated rings. The van der Waals surface area contributed by atoms with E-state index < -0.39 is 23.6 Å². The van der Waals surface area contributed by atoms with E-state index in [9.17, 15) is 19.2 Å². The van der Waals surface area contributed by atoms with Crippen LogP contribution >= 0.6 is 0 Å². The highest BCUT2D eigenvalue weighted by Crippen LogP contribution is 2.47. The molecule has 8 nitrogen and oxygen atoms in total. The van der Waals surface area contributed by atoms with E-state index in [1.807, 2.05) is 0 Å². The first-order valence-electron chi connectivity index (χ1n) is 11.0. The first-order chi connectivity index (χ1) is 17.6. The lowest BCUT2D eigenvalue weighted by Gasteiger charge is -2.22. The van der Waals surface area contributed by atoms with E-state index in [0.717, 1.165) is 9.80 Å². The normalized spacial score (nSPS) is 15.2. The third-order valence-electron chi connectivity index (χ3n) is 5.97. The lowest BCUT2D eigenvalue weighted by molar-refractivity contribution is -0.122. The predicted molar refractivity (Wildman–Crippen MR) is 126 cm³/mol. The number of carbonyl (C=O) groups is 4. The number of benzene rings is 2. The van der Waals surface area contributed by atoms with E-state index in [-0.39, 0.29) is 34.1 Å². The fourth-order valence-electron chi connectivity index (χ4n) is 4.45. The summed E-state index contributed by atoms with van der Waals surface area (Å²) in [6.45, 7) is 0. The van der Waals surface area contributed by atoms with Gasteiger partial charge in [0.2, 0.25) is 0 Å². The highest BCUT2D eigenvalue weighted by atomic mass is 16.3. The highest BCUT2D eigenvalue weighted by Gasteiger charge is 2.53. The monoisotopic (exact) mass is 476 g/mol. The number of hydrogen-bond donors (Lipinski definition) is 0. The van der Waals surface area contributed by atoms with Gasteiger partial charge in [0.25, 0.3) is 11.8 Å². The van der Waals surface area contributed by atoms with Gasteiger partial charge in [-0.3, -0.25) is 19.2 Å². The van der Waals surface area contributed by atoms with E-state index in [4.69, 9.17) is 8.83 Å². The van der Waals surface area contributed by atoms with Crippen LogP contribution in [0.1, 0.15) is 32.2 Å². The molecule has 2 aromatic carbocycles. The van der Waals surface area contributed by atoms with Crippen molar-refractivity contribution >= 4 is 35.0 Å². The van der Waals surface area contributed by atoms with Gasteiger partial charge in [0.1, 0.15) is 0 Å². The zero-order valence-electron chi connectivity index (χ0n) is 18.6. The Labute approximate surface area is 204 Å². The second-order valence-corrected chi connectivity index (χ2v) is 8.03. The SMILES string of the molecule is O=C1C2=C(c3ccccc3)N(C(=O)c3ccco3)C(=O)C2=C(c2ccccc2)N1C(=O)c1ccco1. The Morgan fingerprint density at radius 2 is 0.917 bits per heavy atom. The van der Waals surface area contributed by atoms with Gasteiger partial charge in [-0.15, -0.1) is 0 Å². The zero-order chi connectivity index (χ0) is 24.8. The van der Waals surface area contributed by atoms with Gasteiger partial charge in [0.05, 0.1) is 35.1 Å². The van der Waals surface area contributed by atoms with Crippen LogP contribution in [-0.4, -0.2) is 33.4 Å². The molecule has 0 spiro atoms. The molecule has 4 amide bonds. The Balaban J connectivity index is 1.64. The molecule has 2 aliphatic heterocycles. The maximum absolute atomic E-state index is 13.9. The lowest BCUT2D eigenvalue weighted by Crippen LogP contribution is -2.36. The number of hydrogen-bond acceptors (Lipinski definition) is 6. The Bertz CT molecular complexity index is 1460. The van der Waals surface area contributed by atoms with Gasteiger partial charge in [0.15, 0.2) is 11.5 Å². The molecule has 0 aliphatic carbocycles. The second-order valence-electron chi connectivity index (χ2n) is 8.03. The summed E-state index contributed by atoms with van der Waals surface area (Å²) in [5.74, 6) is -3.02. The first-order valence-corrected chi connectivity index (χ1v) is 11.0. The van der Waals surface area contributed by atoms with Crippen molar-refractivity contribution in [2.24, 2.45) is 0 Å². The van der Waals surface area contributed by atoms with Gasteiger partial charge in [-0.2, -0.15) is 0 Å². The van der Waals surface area contributed by atoms with Crippen molar-refractivity contribution in [3.05, 3.63) is 131 Å². The Kier molecular flexibility index (Phi) is 4.86. The van der Waals surface area contributed by atoms with Gasteiger partial charge in [-0.25, -0.2) is 9.80 Å². The molecule has 0 unspecified atom stereocenters. The molecule has 0 saturated heterocycles. The molecular weight excluding hydrogens is 460 g/mol. The molecule has 6 rings (SSSR count). The van der Waals surface area contributed by atoms with Crippen molar-refractivity contribution in [2.45, 2.75) is 0 Å². The van der Waals surface area contributed by atoms with Crippen LogP contribution in [0.4, 0.5) is 0 Å². The molecule has 174 valence electrons. The molecule has 0 bridgehead atoms. The van der Waals surface area contributed by atoms with Crippen LogP contribution in [0, 0.1) is 0 Å². The first kappa shape index (κ1) is 21.3. The molecular formula is C28H16N2O6. The standard InChI is InChI=1S/C28H16N2O6/c31-25(19-13-7-15-35-19)29-23(17-9-3-1-4-10-17)21-22(28(29)34)24(18-11-5-2-6-12-18)30(27(21)33)26(32)20-14-8-16-36-20/h1-16H. The van der Waals surface area contributed by atoms with Crippen molar-refractivity contribution in [1.29, 1.82) is 0 Å². The molecule has 0 N–H and O–H groups in total. The van der Waals surface area contributed by atoms with E-state index in [1.54, 1.807) is 60.7 Å². The molecule has 2 aliphatic rings. The maximum Gasteiger partial charge on any atom is 0.301 e. The average Bonchev–Trinajstić information content (AvgIpc) is 3.71. The van der Waals surface area contributed by atoms with Crippen LogP contribution in [0.15, 0.2) is 117 Å². The summed E-state index contributed by atoms with van der Waals surface area (Å²) in [7, 11) is 0. The topological polar surface area (TPSA) is 101 Å². The molecule has 2 aromatic heterocycles. The van der Waals surface area contributed by atoms with Crippen LogP contribution in [0.25, 0.3) is 11.4 Å². The highest BCUT2D eigenvalue weighted by molar-refractivity contribution is 6.37. The number of furan rings is 2. The van der Waals surface area contributed by atoms with Gasteiger partial charge < -0.3 is 8.83 Å². The third-order valence-corrected chi connectivity index (χ3v) is 5.97. The predicted octanol–water partition coefficient (Wildman–Crippen LogP) is 4.36. The number of amides is 4. The quantitative estimate of drug-likeness (QED) is 0.406. The number of nitrogens with zero attached hydrogens (tertiary/aromatic N) is 2. The Hall–Kier alpha value is -5.24. The van der Waals surface area contributed by atoms with Crippen molar-refractivity contribution < 1.29 is 28.0 Å². The van der Waals surface area contributed by atoms with Crippen LogP contribution in [0.5, 0.6) is 0 Å². The van der Waals surface area contributed by atoms with Gasteiger partial charge >= 0.3 is 11.8 Å². The van der Waals surface area contributed by atoms with Crippen molar-refractivity contribution in [3.8, 4) is 0 Å². The van der Waals surface area contributed by atoms with Crippen molar-refractivity contribution in [2.75, 3.05) is 0 Å². The Morgan fingerprint density at radius 3 is 1.25 bits per heavy atom. The van der Waals surface area contributed by atoms with E-state index >= 15 is 0 Å². The smallest absolute Gasteiger partial charge is 0.301 e. The minimum atomic E-state index is -0.729. The largest absolute Gasteiger partial charge is 0.459 e. The third kappa shape index (κ3) is 3.08. The molecule has 0 saturated carbocycles. The van der Waals surface area contributed by atoms with E-state index in [0.29, 0.717) is 11.1 Å². The molecule has 4 heterocycles. The van der Waals surface area contributed by atoms with Gasteiger partial charge in [-0.1, -0.05) is 60.7 Å². The lowest BCUT2D eigenvalue weighted by atomic mass is 10.0. The Morgan fingerprint density at radius 1 is 0.528 bits per heavy atom. The minimum absolute atomic E-state index is 0.0372. The van der Waals surface area contributed by atoms with Crippen LogP contribution in [-0.2, 0) is 9.59 Å². The zero-order valence-corrected chi connectivity index (χ0v) is 18.6. The molecule has 8 heteroatoms. The number of fused-ring (bicyclic) bond motifs is 1. The number of rotatable bonds is 4.